The summed E-state index contributed by atoms with van der Waals surface area (Å²) in [7, 11) is 0. The number of rotatable bonds is 5. The van der Waals surface area contributed by atoms with Gasteiger partial charge >= 0.3 is 0 Å². The minimum Gasteiger partial charge on any atom is -0.455 e. The first-order valence-electron chi connectivity index (χ1n) is 27.8. The molecule has 8 aromatic carbocycles. The lowest BCUT2D eigenvalue weighted by molar-refractivity contribution is 0.670. The quantitative estimate of drug-likeness (QED) is 0.191. The molecule has 9 rings (SSSR count). The number of hydrogen-bond donors (Lipinski definition) is 0. The van der Waals surface area contributed by atoms with Gasteiger partial charge in [-0.1, -0.05) is 139 Å². The van der Waals surface area contributed by atoms with E-state index in [4.69, 9.17) is 31.8 Å². The molecule has 0 bridgehead atoms. The van der Waals surface area contributed by atoms with Crippen LogP contribution < -0.4 is 4.90 Å². The van der Waals surface area contributed by atoms with E-state index in [1.54, 1.807) is 0 Å². The van der Waals surface area contributed by atoms with Crippen LogP contribution in [0.5, 0.6) is 0 Å². The van der Waals surface area contributed by atoms with Crippen molar-refractivity contribution in [3.63, 3.8) is 0 Å². The van der Waals surface area contributed by atoms with Gasteiger partial charge < -0.3 is 9.32 Å². The van der Waals surface area contributed by atoms with Crippen molar-refractivity contribution in [1.29, 1.82) is 0 Å². The molecule has 0 radical (unpaired) electrons. The van der Waals surface area contributed by atoms with Crippen molar-refractivity contribution in [2.45, 2.75) is 0 Å². The van der Waals surface area contributed by atoms with E-state index in [0.717, 1.165) is 0 Å². The van der Waals surface area contributed by atoms with Gasteiger partial charge in [0.05, 0.1) is 45.4 Å². The summed E-state index contributed by atoms with van der Waals surface area (Å²) >= 11 is 0. The van der Waals surface area contributed by atoms with E-state index in [9.17, 15) is 12.3 Å². The highest BCUT2D eigenvalue weighted by molar-refractivity contribution is 6.09. The van der Waals surface area contributed by atoms with Crippen LogP contribution in [-0.4, -0.2) is 0 Å². The average Bonchev–Trinajstić information content (AvgIpc) is 3.79. The number of furan rings is 1. The molecule has 2 nitrogen and oxygen atoms in total. The van der Waals surface area contributed by atoms with Crippen molar-refractivity contribution in [3.8, 4) is 22.3 Å². The molecule has 0 amide bonds. The van der Waals surface area contributed by atoms with Gasteiger partial charge in [-0.15, -0.1) is 0 Å². The van der Waals surface area contributed by atoms with Gasteiger partial charge in [-0.05, 0) is 69.1 Å². The van der Waals surface area contributed by atoms with Crippen LogP contribution in [0.1, 0.15) is 39.8 Å². The summed E-state index contributed by atoms with van der Waals surface area (Å²) in [4.78, 5) is 0.373. The predicted octanol–water partition coefficient (Wildman–Crippen LogP) is 12.7. The molecule has 0 saturated carbocycles. The first-order valence-corrected chi connectivity index (χ1v) is 13.3. The highest BCUT2D eigenvalue weighted by Gasteiger charge is 2.17. The number of para-hydroxylation sites is 2. The van der Waals surface area contributed by atoms with E-state index in [-0.39, 0.29) is 0 Å². The molecule has 0 saturated heterocycles. The van der Waals surface area contributed by atoms with Crippen molar-refractivity contribution in [3.05, 3.63) is 175 Å². The Balaban J connectivity index is 1.49. The van der Waals surface area contributed by atoms with Gasteiger partial charge in [0, 0.05) is 33.1 Å². The molecule has 0 fully saturated rings. The van der Waals surface area contributed by atoms with E-state index in [1.165, 1.54) is 0 Å². The third-order valence-electron chi connectivity index (χ3n) is 6.94. The largest absolute Gasteiger partial charge is 0.455 e. The van der Waals surface area contributed by atoms with Gasteiger partial charge in [0.2, 0.25) is 0 Å². The number of nitrogens with zero attached hydrogens (tertiary/aromatic N) is 1. The summed E-state index contributed by atoms with van der Waals surface area (Å²) < 4.78 is 264. The van der Waals surface area contributed by atoms with Crippen molar-refractivity contribution < 1.29 is 44.2 Å². The highest BCUT2D eigenvalue weighted by atomic mass is 16.3. The van der Waals surface area contributed by atoms with Gasteiger partial charge in [-0.25, -0.2) is 0 Å². The molecular formula is C44H29NO. The van der Waals surface area contributed by atoms with Crippen molar-refractivity contribution >= 4 is 60.5 Å². The fraction of sp³-hybridized carbons (Fsp3) is 0. The zero-order valence-corrected chi connectivity index (χ0v) is 22.9. The Hall–Kier alpha value is -6.12. The summed E-state index contributed by atoms with van der Waals surface area (Å²) in [6, 6.07) is -28.9. The minimum absolute atomic E-state index is 0.373. The standard InChI is InChI=1S/C44H29NO/c1-3-14-36-30(10-1)12-7-17-37(36)32-22-26-34(27-23-32)45(42-20-8-13-31-11-2-4-15-38(31)42)35-28-24-33(25-29-35)39-18-9-19-41-40-16-5-6-21-43(40)46-44(39)41/h1-29H/i1D,2D,3D,4D,5D,6D,7D,8D,9D,10D,11D,12D,13D,14D,15D,16D,17D,18D,19D,20D,21D,22D,23D,24D,25D,26D,27D,28D,29D. The second-order valence-electron chi connectivity index (χ2n) is 9.52. The molecule has 0 unspecified atom stereocenters. The van der Waals surface area contributed by atoms with Crippen LogP contribution in [0.25, 0.3) is 65.7 Å². The predicted molar refractivity (Wildman–Crippen MR) is 194 cm³/mol. The molecular weight excluding hydrogens is 558 g/mol. The van der Waals surface area contributed by atoms with Crippen LogP contribution in [0.3, 0.4) is 0 Å². The Kier molecular flexibility index (Phi) is 2.39. The Morgan fingerprint density at radius 2 is 0.891 bits per heavy atom. The van der Waals surface area contributed by atoms with Crippen molar-refractivity contribution in [1.82, 2.24) is 0 Å². The van der Waals surface area contributed by atoms with E-state index >= 15 is 0 Å². The maximum Gasteiger partial charge on any atom is 0.143 e. The third-order valence-corrected chi connectivity index (χ3v) is 6.94. The van der Waals surface area contributed by atoms with Crippen LogP contribution >= 0.6 is 0 Å². The van der Waals surface area contributed by atoms with Gasteiger partial charge in [0.25, 0.3) is 0 Å². The molecule has 9 aromatic rings. The SMILES string of the molecule is [2H]c1c([2H])c(N(c2c([2H])c([2H])c(-c3c([2H])c([2H])c([2H])c4c([2H])c([2H])c([2H])c([2H])c34)c([2H])c2[2H])c2c([2H])c([2H])c([2H])c3c([2H])c([2H])c([2H])c([2H])c23)c([2H])c([2H])c1-c1c([2H])c([2H])c([2H])c2c1oc1c([2H])c([2H])c([2H])c([2H])c12. The second kappa shape index (κ2) is 10.8. The first kappa shape index (κ1) is 10.2. The van der Waals surface area contributed by atoms with Crippen LogP contribution in [0, 0.1) is 0 Å². The van der Waals surface area contributed by atoms with E-state index in [0.29, 0.717) is 4.90 Å². The molecule has 0 aliphatic carbocycles. The molecule has 0 atom stereocenters. The Bertz CT molecular complexity index is 4110. The van der Waals surface area contributed by atoms with E-state index in [2.05, 4.69) is 0 Å². The zero-order chi connectivity index (χ0) is 55.7. The maximum atomic E-state index is 9.61. The topological polar surface area (TPSA) is 16.4 Å². The molecule has 1 aromatic heterocycles. The average molecular weight is 617 g/mol. The van der Waals surface area contributed by atoms with Crippen LogP contribution in [-0.2, 0) is 0 Å². The molecule has 0 N–H and O–H groups in total. The number of benzene rings is 8. The van der Waals surface area contributed by atoms with E-state index in [1.807, 2.05) is 0 Å². The fourth-order valence-electron chi connectivity index (χ4n) is 4.89. The van der Waals surface area contributed by atoms with Crippen molar-refractivity contribution in [2.75, 3.05) is 4.90 Å². The molecule has 0 aliphatic heterocycles. The summed E-state index contributed by atoms with van der Waals surface area (Å²) in [6.45, 7) is 0. The maximum absolute atomic E-state index is 9.61. The molecule has 0 spiro atoms. The monoisotopic (exact) mass is 616 g/mol. The van der Waals surface area contributed by atoms with Gasteiger partial charge in [0.15, 0.2) is 0 Å². The lowest BCUT2D eigenvalue weighted by Crippen LogP contribution is -2.10. The van der Waals surface area contributed by atoms with Gasteiger partial charge in [0.1, 0.15) is 11.2 Å². The Labute approximate surface area is 308 Å². The molecule has 1 heterocycles. The van der Waals surface area contributed by atoms with Gasteiger partial charge in [-0.2, -0.15) is 0 Å². The van der Waals surface area contributed by atoms with Gasteiger partial charge in [-0.3, -0.25) is 0 Å². The first-order chi connectivity index (χ1) is 34.9. The zero-order valence-electron chi connectivity index (χ0n) is 51.9. The number of fused-ring (bicyclic) bond motifs is 5. The minimum atomic E-state index is -1.26. The molecule has 2 heteroatoms. The van der Waals surface area contributed by atoms with Crippen LogP contribution in [0.15, 0.2) is 180 Å². The highest BCUT2D eigenvalue weighted by Crippen LogP contribution is 2.42. The summed E-state index contributed by atoms with van der Waals surface area (Å²) in [5, 5.41) is -3.80. The van der Waals surface area contributed by atoms with E-state index < -0.39 is 258 Å². The molecule has 46 heavy (non-hydrogen) atoms. The molecule has 0 aliphatic rings. The Morgan fingerprint density at radius 1 is 0.391 bits per heavy atom. The summed E-state index contributed by atoms with van der Waals surface area (Å²) in [6.07, 6.45) is 0. The van der Waals surface area contributed by atoms with Crippen molar-refractivity contribution in [2.24, 2.45) is 0 Å². The Morgan fingerprint density at radius 3 is 1.63 bits per heavy atom. The summed E-state index contributed by atoms with van der Waals surface area (Å²) in [5.74, 6) is 0. The number of anilines is 3. The fourth-order valence-corrected chi connectivity index (χ4v) is 4.89. The molecule has 216 valence electrons. The summed E-state index contributed by atoms with van der Waals surface area (Å²) in [5.41, 5.74) is -7.80. The normalized spacial score (nSPS) is 20.3. The van der Waals surface area contributed by atoms with Crippen LogP contribution in [0.2, 0.25) is 0 Å². The lowest BCUT2D eigenvalue weighted by atomic mass is 9.98. The number of hydrogen-bond acceptors (Lipinski definition) is 2. The third kappa shape index (κ3) is 4.35. The lowest BCUT2D eigenvalue weighted by Gasteiger charge is -2.27. The van der Waals surface area contributed by atoms with Crippen LogP contribution in [0.4, 0.5) is 17.1 Å². The second-order valence-corrected chi connectivity index (χ2v) is 9.52. The smallest absolute Gasteiger partial charge is 0.143 e.